The quantitative estimate of drug-likeness (QED) is 0.397. The molecule has 8 heteroatoms. The van der Waals surface area contributed by atoms with Gasteiger partial charge in [-0.3, -0.25) is 9.98 Å². The molecule has 2 heterocycles. The number of guanidine groups is 1. The summed E-state index contributed by atoms with van der Waals surface area (Å²) in [5, 5.41) is 10.8. The number of hydrogen-bond acceptors (Lipinski definition) is 5. The molecule has 1 fully saturated rings. The lowest BCUT2D eigenvalue weighted by molar-refractivity contribution is 0.329. The first-order chi connectivity index (χ1) is 12.2. The highest BCUT2D eigenvalue weighted by Crippen LogP contribution is 2.23. The highest BCUT2D eigenvalue weighted by Gasteiger charge is 2.18. The molecule has 0 atom stereocenters. The monoisotopic (exact) mass is 470 g/mol. The summed E-state index contributed by atoms with van der Waals surface area (Å²) in [5.41, 5.74) is 0.693. The van der Waals surface area contributed by atoms with E-state index in [1.165, 1.54) is 25.7 Å². The molecule has 0 aromatic carbocycles. The summed E-state index contributed by atoms with van der Waals surface area (Å²) in [6.07, 6.45) is 7.36. The molecule has 7 nitrogen and oxygen atoms in total. The van der Waals surface area contributed by atoms with Crippen molar-refractivity contribution in [2.45, 2.75) is 45.1 Å². The molecular weight excluding hydrogens is 443 g/mol. The fourth-order valence-electron chi connectivity index (χ4n) is 3.03. The Morgan fingerprint density at radius 3 is 2.77 bits per heavy atom. The highest BCUT2D eigenvalue weighted by molar-refractivity contribution is 14.0. The van der Waals surface area contributed by atoms with Crippen molar-refractivity contribution in [2.75, 3.05) is 13.6 Å². The lowest BCUT2D eigenvalue weighted by Gasteiger charge is -2.28. The minimum Gasteiger partial charge on any atom is -0.356 e. The van der Waals surface area contributed by atoms with E-state index in [9.17, 15) is 0 Å². The largest absolute Gasteiger partial charge is 0.356 e. The first-order valence-electron chi connectivity index (χ1n) is 8.95. The molecule has 0 bridgehead atoms. The van der Waals surface area contributed by atoms with E-state index in [0.717, 1.165) is 11.9 Å². The summed E-state index contributed by atoms with van der Waals surface area (Å²) in [7, 11) is 1.80. The minimum atomic E-state index is 0. The maximum absolute atomic E-state index is 5.27. The number of aliphatic imine (C=N–C) groups is 1. The van der Waals surface area contributed by atoms with E-state index < -0.39 is 0 Å². The molecule has 2 aromatic rings. The third-order valence-electron chi connectivity index (χ3n) is 4.57. The standard InChI is InChI=1S/C18H26N6O.HI/c1-13-6-8-14(9-7-13)22-18(19-2)21-12-10-16-23-17(25-24-16)15-5-3-4-11-20-15;/h3-5,11,13-14H,6-10,12H2,1-2H3,(H2,19,21,22);1H. The number of nitrogens with one attached hydrogen (secondary N) is 2. The summed E-state index contributed by atoms with van der Waals surface area (Å²) < 4.78 is 5.27. The van der Waals surface area contributed by atoms with Gasteiger partial charge >= 0.3 is 0 Å². The third-order valence-corrected chi connectivity index (χ3v) is 4.57. The second-order valence-electron chi connectivity index (χ2n) is 6.58. The van der Waals surface area contributed by atoms with Crippen LogP contribution in [0.25, 0.3) is 11.6 Å². The van der Waals surface area contributed by atoms with Crippen LogP contribution in [0.3, 0.4) is 0 Å². The van der Waals surface area contributed by atoms with Crippen LogP contribution in [0.1, 0.15) is 38.4 Å². The van der Waals surface area contributed by atoms with Crippen molar-refractivity contribution in [1.82, 2.24) is 25.8 Å². The van der Waals surface area contributed by atoms with Crippen molar-refractivity contribution in [2.24, 2.45) is 10.9 Å². The zero-order chi connectivity index (χ0) is 17.5. The zero-order valence-corrected chi connectivity index (χ0v) is 17.6. The van der Waals surface area contributed by atoms with Crippen molar-refractivity contribution < 1.29 is 4.52 Å². The predicted octanol–water partition coefficient (Wildman–Crippen LogP) is 3.04. The molecular formula is C18H27IN6O. The van der Waals surface area contributed by atoms with Gasteiger partial charge in [-0.2, -0.15) is 4.98 Å². The second-order valence-corrected chi connectivity index (χ2v) is 6.58. The van der Waals surface area contributed by atoms with Gasteiger partial charge in [-0.15, -0.1) is 24.0 Å². The van der Waals surface area contributed by atoms with Crippen LogP contribution in [0.2, 0.25) is 0 Å². The normalized spacial score (nSPS) is 20.3. The van der Waals surface area contributed by atoms with Gasteiger partial charge in [0, 0.05) is 32.3 Å². The fourth-order valence-corrected chi connectivity index (χ4v) is 3.03. The Hall–Kier alpha value is -1.71. The van der Waals surface area contributed by atoms with E-state index >= 15 is 0 Å². The summed E-state index contributed by atoms with van der Waals surface area (Å²) in [6, 6.07) is 6.13. The maximum atomic E-state index is 5.27. The van der Waals surface area contributed by atoms with E-state index in [0.29, 0.717) is 36.4 Å². The fraction of sp³-hybridized carbons (Fsp3) is 0.556. The van der Waals surface area contributed by atoms with Crippen molar-refractivity contribution in [1.29, 1.82) is 0 Å². The zero-order valence-electron chi connectivity index (χ0n) is 15.3. The topological polar surface area (TPSA) is 88.2 Å². The highest BCUT2D eigenvalue weighted by atomic mass is 127. The molecule has 0 amide bonds. The molecule has 1 aliphatic carbocycles. The van der Waals surface area contributed by atoms with Crippen molar-refractivity contribution >= 4 is 29.9 Å². The number of rotatable bonds is 5. The van der Waals surface area contributed by atoms with E-state index in [2.05, 4.69) is 37.7 Å². The van der Waals surface area contributed by atoms with Crippen LogP contribution in [0, 0.1) is 5.92 Å². The Balaban J connectivity index is 0.00000243. The summed E-state index contributed by atoms with van der Waals surface area (Å²) in [6.45, 7) is 3.03. The molecule has 0 spiro atoms. The molecule has 1 saturated carbocycles. The number of aromatic nitrogens is 3. The number of hydrogen-bond donors (Lipinski definition) is 2. The van der Waals surface area contributed by atoms with Crippen molar-refractivity contribution in [3.63, 3.8) is 0 Å². The molecule has 142 valence electrons. The number of nitrogens with zero attached hydrogens (tertiary/aromatic N) is 4. The van der Waals surface area contributed by atoms with Crippen LogP contribution in [-0.4, -0.2) is 40.7 Å². The molecule has 2 aromatic heterocycles. The molecule has 2 N–H and O–H groups in total. The van der Waals surface area contributed by atoms with Gasteiger partial charge in [-0.1, -0.05) is 18.1 Å². The van der Waals surface area contributed by atoms with Crippen LogP contribution in [0.15, 0.2) is 33.9 Å². The van der Waals surface area contributed by atoms with E-state index in [4.69, 9.17) is 4.52 Å². The first-order valence-corrected chi connectivity index (χ1v) is 8.95. The van der Waals surface area contributed by atoms with Crippen LogP contribution in [0.5, 0.6) is 0 Å². The van der Waals surface area contributed by atoms with Crippen LogP contribution >= 0.6 is 24.0 Å². The molecule has 3 rings (SSSR count). The Morgan fingerprint density at radius 2 is 2.08 bits per heavy atom. The van der Waals surface area contributed by atoms with Gasteiger partial charge in [0.1, 0.15) is 5.69 Å². The first kappa shape index (κ1) is 20.6. The van der Waals surface area contributed by atoms with Crippen molar-refractivity contribution in [3.8, 4) is 11.6 Å². The van der Waals surface area contributed by atoms with Gasteiger partial charge < -0.3 is 15.2 Å². The molecule has 1 aliphatic rings. The third kappa shape index (κ3) is 5.93. The molecule has 0 aliphatic heterocycles. The number of pyridine rings is 1. The lowest BCUT2D eigenvalue weighted by atomic mass is 9.87. The molecule has 0 radical (unpaired) electrons. The average molecular weight is 470 g/mol. The Morgan fingerprint density at radius 1 is 1.27 bits per heavy atom. The summed E-state index contributed by atoms with van der Waals surface area (Å²) in [4.78, 5) is 12.9. The average Bonchev–Trinajstić information content (AvgIpc) is 3.12. The second kappa shape index (κ2) is 10.4. The molecule has 0 unspecified atom stereocenters. The Bertz CT molecular complexity index is 682. The van der Waals surface area contributed by atoms with E-state index in [1.54, 1.807) is 13.2 Å². The summed E-state index contributed by atoms with van der Waals surface area (Å²) in [5.74, 6) is 2.80. The van der Waals surface area contributed by atoms with Crippen LogP contribution < -0.4 is 10.6 Å². The Kier molecular flexibility index (Phi) is 8.27. The van der Waals surface area contributed by atoms with Gasteiger partial charge in [-0.05, 0) is 43.7 Å². The number of halogens is 1. The molecule has 0 saturated heterocycles. The maximum Gasteiger partial charge on any atom is 0.276 e. The lowest BCUT2D eigenvalue weighted by Crippen LogP contribution is -2.45. The van der Waals surface area contributed by atoms with Gasteiger partial charge in [0.2, 0.25) is 0 Å². The van der Waals surface area contributed by atoms with Crippen LogP contribution in [-0.2, 0) is 6.42 Å². The van der Waals surface area contributed by atoms with Gasteiger partial charge in [0.05, 0.1) is 0 Å². The molecule has 26 heavy (non-hydrogen) atoms. The summed E-state index contributed by atoms with van der Waals surface area (Å²) >= 11 is 0. The van der Waals surface area contributed by atoms with E-state index in [1.807, 2.05) is 18.2 Å². The van der Waals surface area contributed by atoms with Gasteiger partial charge in [0.25, 0.3) is 5.89 Å². The smallest absolute Gasteiger partial charge is 0.276 e. The SMILES string of the molecule is CN=C(NCCc1noc(-c2ccccn2)n1)NC1CCC(C)CC1.I. The van der Waals surface area contributed by atoms with Crippen LogP contribution in [0.4, 0.5) is 0 Å². The predicted molar refractivity (Wildman–Crippen MR) is 113 cm³/mol. The van der Waals surface area contributed by atoms with Crippen molar-refractivity contribution in [3.05, 3.63) is 30.2 Å². The Labute approximate surface area is 171 Å². The minimum absolute atomic E-state index is 0. The van der Waals surface area contributed by atoms with Gasteiger partial charge in [0.15, 0.2) is 11.8 Å². The van der Waals surface area contributed by atoms with E-state index in [-0.39, 0.29) is 24.0 Å². The van der Waals surface area contributed by atoms with Gasteiger partial charge in [-0.25, -0.2) is 0 Å².